The predicted octanol–water partition coefficient (Wildman–Crippen LogP) is 0.997. The third-order valence-electron chi connectivity index (χ3n) is 2.21. The fourth-order valence-corrected chi connectivity index (χ4v) is 1.18. The Bertz CT molecular complexity index is 332. The van der Waals surface area contributed by atoms with Gasteiger partial charge in [0.05, 0.1) is 6.20 Å². The molecule has 1 aromatic rings. The van der Waals surface area contributed by atoms with Crippen LogP contribution in [0.2, 0.25) is 0 Å². The van der Waals surface area contributed by atoms with Gasteiger partial charge in [0.1, 0.15) is 5.82 Å². The highest BCUT2D eigenvalue weighted by Gasteiger charge is 2.13. The zero-order valence-corrected chi connectivity index (χ0v) is 9.40. The Labute approximate surface area is 89.6 Å². The highest BCUT2D eigenvalue weighted by atomic mass is 16.2. The van der Waals surface area contributed by atoms with Crippen LogP contribution in [0.5, 0.6) is 0 Å². The minimum absolute atomic E-state index is 0.0695. The summed E-state index contributed by atoms with van der Waals surface area (Å²) >= 11 is 0. The molecule has 0 saturated heterocycles. The van der Waals surface area contributed by atoms with Gasteiger partial charge in [0.15, 0.2) is 0 Å². The maximum absolute atomic E-state index is 11.6. The number of hydrogen-bond donors (Lipinski definition) is 2. The van der Waals surface area contributed by atoms with E-state index in [2.05, 4.69) is 10.4 Å². The SMILES string of the molecule is CC(CN)C(=O)Nc1ccnn1C(C)C. The van der Waals surface area contributed by atoms with Crippen LogP contribution in [0.4, 0.5) is 5.82 Å². The average Bonchev–Trinajstić information content (AvgIpc) is 2.64. The number of rotatable bonds is 4. The molecule has 84 valence electrons. The standard InChI is InChI=1S/C10H18N4O/c1-7(2)14-9(4-5-12-14)13-10(15)8(3)6-11/h4-5,7-8H,6,11H2,1-3H3,(H,13,15). The summed E-state index contributed by atoms with van der Waals surface area (Å²) in [6, 6.07) is 2.00. The zero-order valence-electron chi connectivity index (χ0n) is 9.40. The number of aromatic nitrogens is 2. The third kappa shape index (κ3) is 2.79. The van der Waals surface area contributed by atoms with Crippen molar-refractivity contribution in [3.8, 4) is 0 Å². The van der Waals surface area contributed by atoms with Crippen LogP contribution in [0.1, 0.15) is 26.8 Å². The molecule has 0 aliphatic rings. The molecule has 0 fully saturated rings. The fourth-order valence-electron chi connectivity index (χ4n) is 1.18. The Morgan fingerprint density at radius 1 is 1.60 bits per heavy atom. The second-order valence-corrected chi connectivity index (χ2v) is 3.88. The maximum atomic E-state index is 11.6. The van der Waals surface area contributed by atoms with Gasteiger partial charge in [0, 0.05) is 24.6 Å². The van der Waals surface area contributed by atoms with Crippen molar-refractivity contribution in [1.29, 1.82) is 0 Å². The minimum Gasteiger partial charge on any atom is -0.330 e. The summed E-state index contributed by atoms with van der Waals surface area (Å²) in [6.07, 6.45) is 1.67. The lowest BCUT2D eigenvalue weighted by atomic mass is 10.2. The van der Waals surface area contributed by atoms with Gasteiger partial charge in [0.25, 0.3) is 0 Å². The van der Waals surface area contributed by atoms with Gasteiger partial charge in [-0.15, -0.1) is 0 Å². The van der Waals surface area contributed by atoms with E-state index in [4.69, 9.17) is 5.73 Å². The summed E-state index contributed by atoms with van der Waals surface area (Å²) < 4.78 is 1.77. The molecule has 3 N–H and O–H groups in total. The molecule has 1 heterocycles. The smallest absolute Gasteiger partial charge is 0.229 e. The Hall–Kier alpha value is -1.36. The van der Waals surface area contributed by atoms with Gasteiger partial charge in [-0.25, -0.2) is 4.68 Å². The van der Waals surface area contributed by atoms with E-state index in [1.54, 1.807) is 23.9 Å². The molecule has 0 spiro atoms. The monoisotopic (exact) mass is 210 g/mol. The van der Waals surface area contributed by atoms with Crippen molar-refractivity contribution in [2.24, 2.45) is 11.7 Å². The number of hydrogen-bond acceptors (Lipinski definition) is 3. The first-order valence-electron chi connectivity index (χ1n) is 5.10. The van der Waals surface area contributed by atoms with Crippen molar-refractivity contribution in [3.63, 3.8) is 0 Å². The zero-order chi connectivity index (χ0) is 11.4. The Morgan fingerprint density at radius 3 is 2.80 bits per heavy atom. The molecule has 1 rings (SSSR count). The number of nitrogens with two attached hydrogens (primary N) is 1. The lowest BCUT2D eigenvalue weighted by Gasteiger charge is -2.13. The lowest BCUT2D eigenvalue weighted by molar-refractivity contribution is -0.119. The molecule has 0 aliphatic heterocycles. The van der Waals surface area contributed by atoms with E-state index in [0.717, 1.165) is 5.82 Å². The molecule has 1 amide bonds. The number of nitrogens with one attached hydrogen (secondary N) is 1. The average molecular weight is 210 g/mol. The molecule has 5 heteroatoms. The first kappa shape index (κ1) is 11.7. The number of carbonyl (C=O) groups is 1. The normalized spacial score (nSPS) is 12.9. The molecule has 0 aliphatic carbocycles. The number of carbonyl (C=O) groups excluding carboxylic acids is 1. The van der Waals surface area contributed by atoms with E-state index >= 15 is 0 Å². The van der Waals surface area contributed by atoms with E-state index < -0.39 is 0 Å². The molecule has 1 aromatic heterocycles. The van der Waals surface area contributed by atoms with E-state index in [1.165, 1.54) is 0 Å². The van der Waals surface area contributed by atoms with Crippen LogP contribution in [0.3, 0.4) is 0 Å². The predicted molar refractivity (Wildman–Crippen MR) is 59.5 cm³/mol. The number of nitrogens with zero attached hydrogens (tertiary/aromatic N) is 2. The van der Waals surface area contributed by atoms with E-state index in [9.17, 15) is 4.79 Å². The molecule has 1 unspecified atom stereocenters. The van der Waals surface area contributed by atoms with Crippen LogP contribution in [0.25, 0.3) is 0 Å². The second kappa shape index (κ2) is 4.93. The molecule has 0 radical (unpaired) electrons. The number of anilines is 1. The molecular formula is C10H18N4O. The summed E-state index contributed by atoms with van der Waals surface area (Å²) in [5, 5.41) is 6.93. The lowest BCUT2D eigenvalue weighted by Crippen LogP contribution is -2.28. The fraction of sp³-hybridized carbons (Fsp3) is 0.600. The van der Waals surface area contributed by atoms with Crippen molar-refractivity contribution in [3.05, 3.63) is 12.3 Å². The summed E-state index contributed by atoms with van der Waals surface area (Å²) in [4.78, 5) is 11.6. The first-order chi connectivity index (χ1) is 7.06. The van der Waals surface area contributed by atoms with Gasteiger partial charge in [0.2, 0.25) is 5.91 Å². The van der Waals surface area contributed by atoms with Crippen molar-refractivity contribution in [2.75, 3.05) is 11.9 Å². The Kier molecular flexibility index (Phi) is 3.85. The molecule has 15 heavy (non-hydrogen) atoms. The largest absolute Gasteiger partial charge is 0.330 e. The van der Waals surface area contributed by atoms with E-state index in [1.807, 2.05) is 13.8 Å². The minimum atomic E-state index is -0.180. The Balaban J connectivity index is 2.72. The molecule has 0 bridgehead atoms. The van der Waals surface area contributed by atoms with Crippen LogP contribution in [0, 0.1) is 5.92 Å². The summed E-state index contributed by atoms with van der Waals surface area (Å²) in [7, 11) is 0. The first-order valence-corrected chi connectivity index (χ1v) is 5.10. The molecule has 0 aromatic carbocycles. The molecule has 0 saturated carbocycles. The highest BCUT2D eigenvalue weighted by molar-refractivity contribution is 5.91. The molecule has 1 atom stereocenters. The van der Waals surface area contributed by atoms with Gasteiger partial charge < -0.3 is 11.1 Å². The van der Waals surface area contributed by atoms with E-state index in [0.29, 0.717) is 6.54 Å². The quantitative estimate of drug-likeness (QED) is 0.778. The van der Waals surface area contributed by atoms with Crippen LogP contribution in [0.15, 0.2) is 12.3 Å². The maximum Gasteiger partial charge on any atom is 0.229 e. The van der Waals surface area contributed by atoms with Crippen LogP contribution in [-0.2, 0) is 4.79 Å². The van der Waals surface area contributed by atoms with Crippen LogP contribution in [-0.4, -0.2) is 22.2 Å². The summed E-state index contributed by atoms with van der Waals surface area (Å²) in [6.45, 7) is 6.16. The van der Waals surface area contributed by atoms with Gasteiger partial charge in [-0.2, -0.15) is 5.10 Å². The van der Waals surface area contributed by atoms with Crippen molar-refractivity contribution < 1.29 is 4.79 Å². The summed E-state index contributed by atoms with van der Waals surface area (Å²) in [5.41, 5.74) is 5.42. The Morgan fingerprint density at radius 2 is 2.27 bits per heavy atom. The molecular weight excluding hydrogens is 192 g/mol. The van der Waals surface area contributed by atoms with Gasteiger partial charge in [-0.3, -0.25) is 4.79 Å². The third-order valence-corrected chi connectivity index (χ3v) is 2.21. The van der Waals surface area contributed by atoms with Crippen molar-refractivity contribution >= 4 is 11.7 Å². The van der Waals surface area contributed by atoms with Gasteiger partial charge in [-0.1, -0.05) is 6.92 Å². The van der Waals surface area contributed by atoms with Gasteiger partial charge >= 0.3 is 0 Å². The van der Waals surface area contributed by atoms with Crippen molar-refractivity contribution in [2.45, 2.75) is 26.8 Å². The molecule has 5 nitrogen and oxygen atoms in total. The van der Waals surface area contributed by atoms with Crippen LogP contribution >= 0.6 is 0 Å². The van der Waals surface area contributed by atoms with Crippen molar-refractivity contribution in [1.82, 2.24) is 9.78 Å². The van der Waals surface area contributed by atoms with Crippen LogP contribution < -0.4 is 11.1 Å². The summed E-state index contributed by atoms with van der Waals surface area (Å²) in [5.74, 6) is 0.468. The second-order valence-electron chi connectivity index (χ2n) is 3.88. The topological polar surface area (TPSA) is 72.9 Å². The van der Waals surface area contributed by atoms with Gasteiger partial charge in [-0.05, 0) is 13.8 Å². The number of amides is 1. The highest BCUT2D eigenvalue weighted by Crippen LogP contribution is 2.13. The van der Waals surface area contributed by atoms with E-state index in [-0.39, 0.29) is 17.9 Å².